The Morgan fingerprint density at radius 3 is 2.73 bits per heavy atom. The van der Waals surface area contributed by atoms with Crippen molar-refractivity contribution in [2.24, 2.45) is 7.05 Å². The van der Waals surface area contributed by atoms with Crippen LogP contribution in [0.5, 0.6) is 5.88 Å². The van der Waals surface area contributed by atoms with E-state index in [1.165, 1.54) is 0 Å². The van der Waals surface area contributed by atoms with E-state index in [0.29, 0.717) is 19.7 Å². The van der Waals surface area contributed by atoms with Crippen molar-refractivity contribution in [3.05, 3.63) is 59.3 Å². The second kappa shape index (κ2) is 7.77. The molecular formula is C17H23N3O2. The lowest BCUT2D eigenvalue weighted by Gasteiger charge is -2.10. The molecule has 0 atom stereocenters. The van der Waals surface area contributed by atoms with Crippen molar-refractivity contribution in [2.75, 3.05) is 6.61 Å². The monoisotopic (exact) mass is 301 g/mol. The van der Waals surface area contributed by atoms with Crippen LogP contribution in [0.2, 0.25) is 0 Å². The number of aliphatic hydroxyl groups excluding tert-OH is 1. The minimum atomic E-state index is 0.0530. The van der Waals surface area contributed by atoms with Crippen molar-refractivity contribution < 1.29 is 9.84 Å². The van der Waals surface area contributed by atoms with Crippen molar-refractivity contribution in [1.82, 2.24) is 15.1 Å². The third-order valence-corrected chi connectivity index (χ3v) is 3.53. The zero-order valence-corrected chi connectivity index (χ0v) is 13.2. The number of aromatic nitrogens is 2. The van der Waals surface area contributed by atoms with Gasteiger partial charge >= 0.3 is 0 Å². The molecule has 0 bridgehead atoms. The summed E-state index contributed by atoms with van der Waals surface area (Å²) < 4.78 is 7.44. The molecule has 0 spiro atoms. The fourth-order valence-electron chi connectivity index (χ4n) is 2.41. The highest BCUT2D eigenvalue weighted by molar-refractivity contribution is 5.31. The van der Waals surface area contributed by atoms with Gasteiger partial charge in [0.05, 0.1) is 17.9 Å². The van der Waals surface area contributed by atoms with Crippen LogP contribution < -0.4 is 10.1 Å². The Balaban J connectivity index is 2.03. The highest BCUT2D eigenvalue weighted by Gasteiger charge is 2.14. The molecule has 5 nitrogen and oxygen atoms in total. The van der Waals surface area contributed by atoms with Gasteiger partial charge in [-0.2, -0.15) is 5.10 Å². The van der Waals surface area contributed by atoms with Gasteiger partial charge in [0.2, 0.25) is 5.88 Å². The first kappa shape index (κ1) is 16.3. The van der Waals surface area contributed by atoms with Crippen molar-refractivity contribution >= 4 is 0 Å². The molecular weight excluding hydrogens is 278 g/mol. The van der Waals surface area contributed by atoms with E-state index in [-0.39, 0.29) is 6.61 Å². The summed E-state index contributed by atoms with van der Waals surface area (Å²) in [6, 6.07) is 7.86. The zero-order chi connectivity index (χ0) is 15.9. The second-order valence-electron chi connectivity index (χ2n) is 5.12. The van der Waals surface area contributed by atoms with Crippen LogP contribution in [-0.4, -0.2) is 21.5 Å². The van der Waals surface area contributed by atoms with E-state index in [9.17, 15) is 5.11 Å². The molecule has 0 saturated heterocycles. The molecule has 2 N–H and O–H groups in total. The van der Waals surface area contributed by atoms with Crippen molar-refractivity contribution in [3.63, 3.8) is 0 Å². The van der Waals surface area contributed by atoms with E-state index >= 15 is 0 Å². The van der Waals surface area contributed by atoms with E-state index in [4.69, 9.17) is 4.74 Å². The standard InChI is InChI=1S/C17H23N3O2/c1-4-9-22-17-16(13(2)19-20(17)3)11-18-10-14-7-5-6-8-15(14)12-21/h4-8,18,21H,1,9-12H2,2-3H3. The SMILES string of the molecule is C=CCOc1c(CNCc2ccccc2CO)c(C)nn1C. The van der Waals surface area contributed by atoms with Crippen LogP contribution in [0.3, 0.4) is 0 Å². The Morgan fingerprint density at radius 2 is 2.05 bits per heavy atom. The van der Waals surface area contributed by atoms with Crippen molar-refractivity contribution in [3.8, 4) is 5.88 Å². The van der Waals surface area contributed by atoms with Gasteiger partial charge in [-0.3, -0.25) is 0 Å². The predicted molar refractivity (Wildman–Crippen MR) is 86.5 cm³/mol. The summed E-state index contributed by atoms with van der Waals surface area (Å²) in [5.74, 6) is 0.764. The predicted octanol–water partition coefficient (Wildman–Crippen LogP) is 2.08. The smallest absolute Gasteiger partial charge is 0.216 e. The maximum absolute atomic E-state index is 9.35. The molecule has 1 aromatic heterocycles. The lowest BCUT2D eigenvalue weighted by Crippen LogP contribution is -2.15. The van der Waals surface area contributed by atoms with Gasteiger partial charge in [0.15, 0.2) is 0 Å². The molecule has 0 fully saturated rings. The number of aryl methyl sites for hydroxylation is 2. The number of rotatable bonds is 8. The fraction of sp³-hybridized carbons (Fsp3) is 0.353. The van der Waals surface area contributed by atoms with E-state index in [1.54, 1.807) is 10.8 Å². The average molecular weight is 301 g/mol. The minimum Gasteiger partial charge on any atom is -0.473 e. The number of hydrogen-bond acceptors (Lipinski definition) is 4. The highest BCUT2D eigenvalue weighted by Crippen LogP contribution is 2.21. The Bertz CT molecular complexity index is 635. The fourth-order valence-corrected chi connectivity index (χ4v) is 2.41. The number of aliphatic hydroxyl groups is 1. The van der Waals surface area contributed by atoms with Gasteiger partial charge in [-0.25, -0.2) is 4.68 Å². The summed E-state index contributed by atoms with van der Waals surface area (Å²) in [7, 11) is 1.87. The molecule has 0 radical (unpaired) electrons. The number of hydrogen-bond donors (Lipinski definition) is 2. The van der Waals surface area contributed by atoms with Crippen LogP contribution in [0.15, 0.2) is 36.9 Å². The Kier molecular flexibility index (Phi) is 5.75. The molecule has 2 aromatic rings. The molecule has 0 saturated carbocycles. The second-order valence-corrected chi connectivity index (χ2v) is 5.12. The molecule has 22 heavy (non-hydrogen) atoms. The normalized spacial score (nSPS) is 10.7. The van der Waals surface area contributed by atoms with Crippen molar-refractivity contribution in [1.29, 1.82) is 0 Å². The van der Waals surface area contributed by atoms with Gasteiger partial charge < -0.3 is 15.2 Å². The van der Waals surface area contributed by atoms with Crippen LogP contribution in [0.25, 0.3) is 0 Å². The first-order valence-electron chi connectivity index (χ1n) is 7.32. The number of nitrogens with zero attached hydrogens (tertiary/aromatic N) is 2. The van der Waals surface area contributed by atoms with Crippen LogP contribution in [0.4, 0.5) is 0 Å². The Labute approximate surface area is 131 Å². The largest absolute Gasteiger partial charge is 0.473 e. The quantitative estimate of drug-likeness (QED) is 0.733. The van der Waals surface area contributed by atoms with Crippen molar-refractivity contribution in [2.45, 2.75) is 26.6 Å². The minimum absolute atomic E-state index is 0.0530. The summed E-state index contributed by atoms with van der Waals surface area (Å²) >= 11 is 0. The highest BCUT2D eigenvalue weighted by atomic mass is 16.5. The van der Waals surface area contributed by atoms with Gasteiger partial charge in [-0.1, -0.05) is 36.9 Å². The molecule has 118 valence electrons. The van der Waals surface area contributed by atoms with Crippen LogP contribution in [0, 0.1) is 6.92 Å². The summed E-state index contributed by atoms with van der Waals surface area (Å²) in [4.78, 5) is 0. The average Bonchev–Trinajstić information content (AvgIpc) is 2.79. The molecule has 0 unspecified atom stereocenters. The summed E-state index contributed by atoms with van der Waals surface area (Å²) in [5.41, 5.74) is 4.04. The van der Waals surface area contributed by atoms with Crippen LogP contribution >= 0.6 is 0 Å². The maximum atomic E-state index is 9.35. The molecule has 0 aliphatic carbocycles. The van der Waals surface area contributed by atoms with Gasteiger partial charge in [-0.05, 0) is 18.1 Å². The van der Waals surface area contributed by atoms with Gasteiger partial charge in [0.25, 0.3) is 0 Å². The molecule has 1 heterocycles. The topological polar surface area (TPSA) is 59.3 Å². The Morgan fingerprint density at radius 1 is 1.32 bits per heavy atom. The Hall–Kier alpha value is -2.11. The molecule has 2 rings (SSSR count). The first-order valence-corrected chi connectivity index (χ1v) is 7.32. The van der Waals surface area contributed by atoms with E-state index in [1.807, 2.05) is 38.2 Å². The lowest BCUT2D eigenvalue weighted by molar-refractivity contribution is 0.280. The summed E-state index contributed by atoms with van der Waals surface area (Å²) in [5, 5.41) is 17.1. The number of ether oxygens (including phenoxy) is 1. The van der Waals surface area contributed by atoms with E-state index in [0.717, 1.165) is 28.3 Å². The molecule has 0 amide bonds. The van der Waals surface area contributed by atoms with E-state index < -0.39 is 0 Å². The van der Waals surface area contributed by atoms with Crippen LogP contribution in [-0.2, 0) is 26.7 Å². The third-order valence-electron chi connectivity index (χ3n) is 3.53. The zero-order valence-electron chi connectivity index (χ0n) is 13.2. The number of nitrogens with one attached hydrogen (secondary N) is 1. The van der Waals surface area contributed by atoms with Gasteiger partial charge in [-0.15, -0.1) is 0 Å². The van der Waals surface area contributed by atoms with Gasteiger partial charge in [0, 0.05) is 20.1 Å². The molecule has 0 aliphatic rings. The summed E-state index contributed by atoms with van der Waals surface area (Å²) in [6.45, 7) is 7.50. The van der Waals surface area contributed by atoms with E-state index in [2.05, 4.69) is 17.0 Å². The first-order chi connectivity index (χ1) is 10.7. The number of benzene rings is 1. The lowest BCUT2D eigenvalue weighted by atomic mass is 10.1. The third kappa shape index (κ3) is 3.75. The van der Waals surface area contributed by atoms with Crippen LogP contribution in [0.1, 0.15) is 22.4 Å². The molecule has 1 aromatic carbocycles. The molecule has 0 aliphatic heterocycles. The summed E-state index contributed by atoms with van der Waals surface area (Å²) in [6.07, 6.45) is 1.72. The molecule has 5 heteroatoms. The van der Waals surface area contributed by atoms with Gasteiger partial charge in [0.1, 0.15) is 6.61 Å². The maximum Gasteiger partial charge on any atom is 0.216 e.